The Labute approximate surface area is 230 Å². The molecule has 3 aromatic rings. The average molecular weight is 547 g/mol. The summed E-state index contributed by atoms with van der Waals surface area (Å²) in [5.41, 5.74) is 1.85. The summed E-state index contributed by atoms with van der Waals surface area (Å²) in [6.07, 6.45) is 3.78. The minimum absolute atomic E-state index is 0.00781. The van der Waals surface area contributed by atoms with Gasteiger partial charge in [0.05, 0.1) is 47.2 Å². The molecule has 208 valence electrons. The van der Waals surface area contributed by atoms with Crippen LogP contribution in [0.4, 0.5) is 5.82 Å². The van der Waals surface area contributed by atoms with Gasteiger partial charge in [0.15, 0.2) is 18.2 Å². The molecule has 2 saturated heterocycles. The molecule has 0 spiro atoms. The zero-order chi connectivity index (χ0) is 27.7. The number of fused-ring (bicyclic) bond motifs is 5. The second-order valence-corrected chi connectivity index (χ2v) is 10.5. The standard InChI is InChI=1S/C28H30N6O6/c29-12-17-13-30-20-2-4-24(38-10-9-35)34-25(20)19(17)11-22(36)28-7-5-27(6-8-28,16-40-28)31-14-18-1-3-21-26(32-18)33-23(37)15-39-21/h1-4,13,22,31,35-36H,5-11,14-16H2,(H,32,33,37). The van der Waals surface area contributed by atoms with E-state index >= 15 is 0 Å². The number of aromatic nitrogens is 3. The molecule has 1 aliphatic carbocycles. The maximum atomic E-state index is 11.6. The number of aliphatic hydroxyl groups excluding tert-OH is 2. The molecular formula is C28H30N6O6. The molecule has 3 aromatic heterocycles. The van der Waals surface area contributed by atoms with Gasteiger partial charge >= 0.3 is 0 Å². The highest BCUT2D eigenvalue weighted by atomic mass is 16.5. The first-order valence-corrected chi connectivity index (χ1v) is 13.3. The quantitative estimate of drug-likeness (QED) is 0.305. The Balaban J connectivity index is 1.14. The Hall–Kier alpha value is -3.89. The first kappa shape index (κ1) is 26.3. The number of amides is 1. The third-order valence-electron chi connectivity index (χ3n) is 8.12. The summed E-state index contributed by atoms with van der Waals surface area (Å²) in [5, 5.41) is 36.7. The fourth-order valence-electron chi connectivity index (χ4n) is 5.77. The van der Waals surface area contributed by atoms with Crippen molar-refractivity contribution in [2.45, 2.75) is 55.9 Å². The summed E-state index contributed by atoms with van der Waals surface area (Å²) in [7, 11) is 0. The predicted octanol–water partition coefficient (Wildman–Crippen LogP) is 1.37. The van der Waals surface area contributed by atoms with Crippen molar-refractivity contribution in [3.8, 4) is 17.7 Å². The zero-order valence-electron chi connectivity index (χ0n) is 21.9. The topological polar surface area (TPSA) is 172 Å². The van der Waals surface area contributed by atoms with Gasteiger partial charge in [-0.1, -0.05) is 0 Å². The normalized spacial score (nSPS) is 24.1. The van der Waals surface area contributed by atoms with Crippen LogP contribution in [0, 0.1) is 11.3 Å². The lowest BCUT2D eigenvalue weighted by molar-refractivity contribution is -0.208. The lowest BCUT2D eigenvalue weighted by Gasteiger charge is -2.55. The molecule has 7 rings (SSSR count). The van der Waals surface area contributed by atoms with Crippen molar-refractivity contribution in [3.05, 3.63) is 47.3 Å². The summed E-state index contributed by atoms with van der Waals surface area (Å²) < 4.78 is 17.2. The van der Waals surface area contributed by atoms with Gasteiger partial charge in [-0.3, -0.25) is 9.78 Å². The molecule has 3 aliphatic heterocycles. The number of carbonyl (C=O) groups is 1. The molecule has 4 aliphatic rings. The zero-order valence-corrected chi connectivity index (χ0v) is 21.9. The van der Waals surface area contributed by atoms with Gasteiger partial charge in [0, 0.05) is 36.3 Å². The minimum Gasteiger partial charge on any atom is -0.480 e. The second-order valence-electron chi connectivity index (χ2n) is 10.5. The maximum Gasteiger partial charge on any atom is 0.263 e. The van der Waals surface area contributed by atoms with Crippen LogP contribution in [0.2, 0.25) is 0 Å². The van der Waals surface area contributed by atoms with Crippen molar-refractivity contribution in [3.63, 3.8) is 0 Å². The Kier molecular flexibility index (Phi) is 6.97. The highest BCUT2D eigenvalue weighted by Crippen LogP contribution is 2.46. The van der Waals surface area contributed by atoms with Crippen LogP contribution in [0.3, 0.4) is 0 Å². The Morgan fingerprint density at radius 2 is 2.05 bits per heavy atom. The number of carbonyl (C=O) groups excluding carboxylic acids is 1. The highest BCUT2D eigenvalue weighted by Gasteiger charge is 2.53. The van der Waals surface area contributed by atoms with E-state index < -0.39 is 11.7 Å². The molecule has 4 N–H and O–H groups in total. The van der Waals surface area contributed by atoms with Crippen LogP contribution in [-0.4, -0.2) is 74.7 Å². The molecule has 1 amide bonds. The average Bonchev–Trinajstić information content (AvgIpc) is 2.99. The van der Waals surface area contributed by atoms with Crippen LogP contribution in [0.5, 0.6) is 11.6 Å². The molecule has 0 radical (unpaired) electrons. The molecule has 12 heteroatoms. The van der Waals surface area contributed by atoms with E-state index in [1.165, 1.54) is 6.20 Å². The molecule has 2 bridgehead atoms. The fraction of sp³-hybridized carbons (Fsp3) is 0.464. The molecule has 1 atom stereocenters. The van der Waals surface area contributed by atoms with Gasteiger partial charge < -0.3 is 35.1 Å². The van der Waals surface area contributed by atoms with Gasteiger partial charge in [-0.2, -0.15) is 5.26 Å². The Morgan fingerprint density at radius 1 is 1.20 bits per heavy atom. The number of pyridine rings is 3. The van der Waals surface area contributed by atoms with Crippen LogP contribution in [-0.2, 0) is 22.5 Å². The van der Waals surface area contributed by atoms with Crippen LogP contribution < -0.4 is 20.1 Å². The molecule has 40 heavy (non-hydrogen) atoms. The molecule has 3 fully saturated rings. The van der Waals surface area contributed by atoms with Crippen molar-refractivity contribution in [2.75, 3.05) is 31.7 Å². The van der Waals surface area contributed by atoms with E-state index in [2.05, 4.69) is 31.7 Å². The summed E-state index contributed by atoms with van der Waals surface area (Å²) in [4.78, 5) is 25.0. The van der Waals surface area contributed by atoms with Gasteiger partial charge in [0.25, 0.3) is 5.91 Å². The fourth-order valence-corrected chi connectivity index (χ4v) is 5.77. The Bertz CT molecular complexity index is 1470. The van der Waals surface area contributed by atoms with E-state index in [9.17, 15) is 15.2 Å². The van der Waals surface area contributed by atoms with Crippen LogP contribution in [0.15, 0.2) is 30.5 Å². The lowest BCUT2D eigenvalue weighted by Crippen LogP contribution is -2.65. The van der Waals surface area contributed by atoms with Crippen LogP contribution in [0.1, 0.15) is 42.5 Å². The van der Waals surface area contributed by atoms with E-state index in [-0.39, 0.29) is 37.7 Å². The number of anilines is 1. The summed E-state index contributed by atoms with van der Waals surface area (Å²) in [6, 6.07) is 9.28. The van der Waals surface area contributed by atoms with Gasteiger partial charge in [-0.25, -0.2) is 9.97 Å². The monoisotopic (exact) mass is 546 g/mol. The molecule has 12 nitrogen and oxygen atoms in total. The largest absolute Gasteiger partial charge is 0.480 e. The van der Waals surface area contributed by atoms with Gasteiger partial charge in [-0.05, 0) is 43.9 Å². The minimum atomic E-state index is -0.849. The number of rotatable bonds is 9. The first-order chi connectivity index (χ1) is 19.4. The van der Waals surface area contributed by atoms with Crippen molar-refractivity contribution in [2.24, 2.45) is 0 Å². The highest BCUT2D eigenvalue weighted by molar-refractivity contribution is 5.94. The van der Waals surface area contributed by atoms with Gasteiger partial charge in [0.2, 0.25) is 5.88 Å². The number of nitrogens with one attached hydrogen (secondary N) is 2. The number of aliphatic hydroxyl groups is 2. The molecule has 0 aromatic carbocycles. The Morgan fingerprint density at radius 3 is 2.80 bits per heavy atom. The van der Waals surface area contributed by atoms with E-state index in [1.807, 2.05) is 12.1 Å². The molecular weight excluding hydrogens is 516 g/mol. The van der Waals surface area contributed by atoms with E-state index in [0.717, 1.165) is 18.5 Å². The lowest BCUT2D eigenvalue weighted by atomic mass is 9.68. The number of ether oxygens (including phenoxy) is 3. The van der Waals surface area contributed by atoms with Crippen molar-refractivity contribution >= 4 is 22.8 Å². The SMILES string of the molecule is N#Cc1cnc2ccc(OCCO)nc2c1CC(O)C12CCC(NCc3ccc4c(n3)NC(=O)CO4)(CC1)CO2. The smallest absolute Gasteiger partial charge is 0.263 e. The number of hydrogen-bond acceptors (Lipinski definition) is 11. The van der Waals surface area contributed by atoms with E-state index in [1.54, 1.807) is 12.1 Å². The summed E-state index contributed by atoms with van der Waals surface area (Å²) in [5.74, 6) is 1.09. The first-order valence-electron chi connectivity index (χ1n) is 13.3. The van der Waals surface area contributed by atoms with Gasteiger partial charge in [0.1, 0.15) is 12.7 Å². The van der Waals surface area contributed by atoms with Crippen molar-refractivity contribution < 1.29 is 29.2 Å². The number of nitrogens with zero attached hydrogens (tertiary/aromatic N) is 4. The van der Waals surface area contributed by atoms with Crippen molar-refractivity contribution in [1.82, 2.24) is 20.3 Å². The maximum absolute atomic E-state index is 11.6. The summed E-state index contributed by atoms with van der Waals surface area (Å²) >= 11 is 0. The molecule has 1 unspecified atom stereocenters. The third kappa shape index (κ3) is 4.93. The van der Waals surface area contributed by atoms with Gasteiger partial charge in [-0.15, -0.1) is 0 Å². The molecule has 1 saturated carbocycles. The van der Waals surface area contributed by atoms with Crippen LogP contribution in [0.25, 0.3) is 11.0 Å². The molecule has 6 heterocycles. The van der Waals surface area contributed by atoms with Crippen molar-refractivity contribution in [1.29, 1.82) is 5.26 Å². The third-order valence-corrected chi connectivity index (χ3v) is 8.12. The number of nitriles is 1. The predicted molar refractivity (Wildman–Crippen MR) is 142 cm³/mol. The summed E-state index contributed by atoms with van der Waals surface area (Å²) in [6.45, 7) is 0.889. The number of hydrogen-bond donors (Lipinski definition) is 4. The van der Waals surface area contributed by atoms with E-state index in [0.29, 0.717) is 65.6 Å². The van der Waals surface area contributed by atoms with E-state index in [4.69, 9.17) is 19.3 Å². The van der Waals surface area contributed by atoms with Crippen LogP contribution >= 0.6 is 0 Å². The second kappa shape index (κ2) is 10.6.